The van der Waals surface area contributed by atoms with Crippen molar-refractivity contribution in [1.82, 2.24) is 19.5 Å². The summed E-state index contributed by atoms with van der Waals surface area (Å²) in [5.41, 5.74) is 1.15. The lowest BCUT2D eigenvalue weighted by Gasteiger charge is -2.15. The molecule has 0 unspecified atom stereocenters. The van der Waals surface area contributed by atoms with E-state index in [0.717, 1.165) is 28.1 Å². The van der Waals surface area contributed by atoms with E-state index in [4.69, 9.17) is 0 Å². The standard InChI is InChI=1S/C13H19N5S/c1-5-14-11-10(9(2)3)12(17-8-16-11)19-13-15-6-7-18(13)4/h6-9H,5H2,1-4H3,(H,14,16,17). The van der Waals surface area contributed by atoms with Crippen LogP contribution in [-0.2, 0) is 7.05 Å². The topological polar surface area (TPSA) is 55.6 Å². The molecule has 19 heavy (non-hydrogen) atoms. The van der Waals surface area contributed by atoms with Gasteiger partial charge in [0.1, 0.15) is 17.2 Å². The molecule has 0 bridgehead atoms. The second-order valence-electron chi connectivity index (χ2n) is 4.55. The summed E-state index contributed by atoms with van der Waals surface area (Å²) in [7, 11) is 1.98. The van der Waals surface area contributed by atoms with Crippen molar-refractivity contribution in [1.29, 1.82) is 0 Å². The first-order valence-corrected chi connectivity index (χ1v) is 7.19. The third-order valence-electron chi connectivity index (χ3n) is 2.73. The molecule has 0 aromatic carbocycles. The molecule has 0 aliphatic heterocycles. The van der Waals surface area contributed by atoms with Crippen LogP contribution in [0.5, 0.6) is 0 Å². The lowest BCUT2D eigenvalue weighted by molar-refractivity contribution is 0.776. The lowest BCUT2D eigenvalue weighted by Crippen LogP contribution is -2.07. The Hall–Kier alpha value is -1.56. The van der Waals surface area contributed by atoms with E-state index in [1.54, 1.807) is 24.3 Å². The van der Waals surface area contributed by atoms with E-state index < -0.39 is 0 Å². The fourth-order valence-electron chi connectivity index (χ4n) is 1.83. The van der Waals surface area contributed by atoms with Gasteiger partial charge in [-0.1, -0.05) is 13.8 Å². The van der Waals surface area contributed by atoms with E-state index in [1.165, 1.54) is 0 Å². The molecule has 0 spiro atoms. The van der Waals surface area contributed by atoms with Gasteiger partial charge in [-0.05, 0) is 24.6 Å². The van der Waals surface area contributed by atoms with Gasteiger partial charge < -0.3 is 9.88 Å². The maximum atomic E-state index is 4.42. The molecule has 0 radical (unpaired) electrons. The van der Waals surface area contributed by atoms with Crippen molar-refractivity contribution in [2.75, 3.05) is 11.9 Å². The zero-order valence-electron chi connectivity index (χ0n) is 11.7. The van der Waals surface area contributed by atoms with Crippen molar-refractivity contribution in [3.05, 3.63) is 24.3 Å². The fraction of sp³-hybridized carbons (Fsp3) is 0.462. The maximum Gasteiger partial charge on any atom is 0.174 e. The Balaban J connectivity index is 2.39. The zero-order chi connectivity index (χ0) is 13.8. The number of aromatic nitrogens is 4. The van der Waals surface area contributed by atoms with Crippen molar-refractivity contribution in [2.24, 2.45) is 7.05 Å². The molecule has 2 aromatic rings. The lowest BCUT2D eigenvalue weighted by atomic mass is 10.1. The maximum absolute atomic E-state index is 4.42. The van der Waals surface area contributed by atoms with Gasteiger partial charge in [0.2, 0.25) is 0 Å². The van der Waals surface area contributed by atoms with Gasteiger partial charge >= 0.3 is 0 Å². The van der Waals surface area contributed by atoms with Crippen LogP contribution in [-0.4, -0.2) is 26.1 Å². The molecule has 2 heterocycles. The molecule has 0 aliphatic rings. The summed E-state index contributed by atoms with van der Waals surface area (Å²) in [6.45, 7) is 7.23. The van der Waals surface area contributed by atoms with Crippen molar-refractivity contribution < 1.29 is 0 Å². The van der Waals surface area contributed by atoms with Crippen LogP contribution in [0.2, 0.25) is 0 Å². The Kier molecular flexibility index (Phi) is 4.42. The molecule has 0 amide bonds. The summed E-state index contributed by atoms with van der Waals surface area (Å²) >= 11 is 1.58. The highest BCUT2D eigenvalue weighted by Crippen LogP contribution is 2.34. The Bertz CT molecular complexity index is 550. The van der Waals surface area contributed by atoms with Gasteiger partial charge in [-0.25, -0.2) is 15.0 Å². The normalized spacial score (nSPS) is 11.0. The third-order valence-corrected chi connectivity index (χ3v) is 3.83. The molecule has 5 nitrogen and oxygen atoms in total. The Morgan fingerprint density at radius 3 is 2.68 bits per heavy atom. The minimum absolute atomic E-state index is 0.359. The molecule has 0 saturated carbocycles. The molecule has 0 saturated heterocycles. The monoisotopic (exact) mass is 277 g/mol. The van der Waals surface area contributed by atoms with Crippen LogP contribution in [0.1, 0.15) is 32.3 Å². The average molecular weight is 277 g/mol. The summed E-state index contributed by atoms with van der Waals surface area (Å²) < 4.78 is 1.99. The predicted octanol–water partition coefficient (Wildman–Crippen LogP) is 2.92. The molecule has 0 atom stereocenters. The van der Waals surface area contributed by atoms with Crippen LogP contribution in [0.3, 0.4) is 0 Å². The van der Waals surface area contributed by atoms with Gasteiger partial charge in [-0.15, -0.1) is 0 Å². The van der Waals surface area contributed by atoms with Crippen LogP contribution in [0, 0.1) is 0 Å². The molecule has 0 fully saturated rings. The highest BCUT2D eigenvalue weighted by atomic mass is 32.2. The molecule has 0 aliphatic carbocycles. The largest absolute Gasteiger partial charge is 0.370 e. The van der Waals surface area contributed by atoms with Crippen LogP contribution in [0.4, 0.5) is 5.82 Å². The molecule has 2 rings (SSSR count). The highest BCUT2D eigenvalue weighted by molar-refractivity contribution is 7.99. The van der Waals surface area contributed by atoms with Gasteiger partial charge in [0, 0.05) is 31.5 Å². The summed E-state index contributed by atoms with van der Waals surface area (Å²) in [6.07, 6.45) is 5.34. The minimum atomic E-state index is 0.359. The number of imidazole rings is 1. The first kappa shape index (κ1) is 13.9. The Morgan fingerprint density at radius 1 is 1.32 bits per heavy atom. The zero-order valence-corrected chi connectivity index (χ0v) is 12.5. The quantitative estimate of drug-likeness (QED) is 0.852. The molecule has 1 N–H and O–H groups in total. The van der Waals surface area contributed by atoms with Crippen molar-refractivity contribution in [3.8, 4) is 0 Å². The fourth-order valence-corrected chi connectivity index (χ4v) is 2.86. The van der Waals surface area contributed by atoms with E-state index in [-0.39, 0.29) is 0 Å². The third kappa shape index (κ3) is 3.07. The summed E-state index contributed by atoms with van der Waals surface area (Å²) in [5.74, 6) is 1.28. The van der Waals surface area contributed by atoms with Crippen LogP contribution in [0.15, 0.2) is 28.9 Å². The van der Waals surface area contributed by atoms with Gasteiger partial charge in [0.05, 0.1) is 0 Å². The van der Waals surface area contributed by atoms with Crippen molar-refractivity contribution in [3.63, 3.8) is 0 Å². The van der Waals surface area contributed by atoms with Gasteiger partial charge in [-0.3, -0.25) is 0 Å². The summed E-state index contributed by atoms with van der Waals surface area (Å²) in [5, 5.41) is 5.20. The summed E-state index contributed by atoms with van der Waals surface area (Å²) in [4.78, 5) is 13.1. The van der Waals surface area contributed by atoms with E-state index in [2.05, 4.69) is 41.0 Å². The first-order valence-electron chi connectivity index (χ1n) is 6.37. The predicted molar refractivity (Wildman–Crippen MR) is 77.6 cm³/mol. The second-order valence-corrected chi connectivity index (χ2v) is 5.50. The van der Waals surface area contributed by atoms with Crippen molar-refractivity contribution in [2.45, 2.75) is 36.9 Å². The molecular formula is C13H19N5S. The molecule has 2 aromatic heterocycles. The SMILES string of the molecule is CCNc1ncnc(Sc2nccn2C)c1C(C)C. The van der Waals surface area contributed by atoms with E-state index in [1.807, 2.05) is 17.8 Å². The molecular weight excluding hydrogens is 258 g/mol. The van der Waals surface area contributed by atoms with Gasteiger partial charge in [0.25, 0.3) is 0 Å². The number of nitrogens with zero attached hydrogens (tertiary/aromatic N) is 4. The number of nitrogens with one attached hydrogen (secondary N) is 1. The molecule has 6 heteroatoms. The number of anilines is 1. The first-order chi connectivity index (χ1) is 9.13. The van der Waals surface area contributed by atoms with E-state index in [0.29, 0.717) is 5.92 Å². The average Bonchev–Trinajstić information content (AvgIpc) is 2.75. The van der Waals surface area contributed by atoms with Crippen molar-refractivity contribution >= 4 is 17.6 Å². The number of hydrogen-bond donors (Lipinski definition) is 1. The highest BCUT2D eigenvalue weighted by Gasteiger charge is 2.16. The Morgan fingerprint density at radius 2 is 2.11 bits per heavy atom. The van der Waals surface area contributed by atoms with Gasteiger partial charge in [-0.2, -0.15) is 0 Å². The van der Waals surface area contributed by atoms with Gasteiger partial charge in [0.15, 0.2) is 5.16 Å². The minimum Gasteiger partial charge on any atom is -0.370 e. The van der Waals surface area contributed by atoms with Crippen LogP contribution >= 0.6 is 11.8 Å². The second kappa shape index (κ2) is 6.06. The number of hydrogen-bond acceptors (Lipinski definition) is 5. The number of rotatable bonds is 5. The van der Waals surface area contributed by atoms with Crippen LogP contribution in [0.25, 0.3) is 0 Å². The Labute approximate surface area is 117 Å². The van der Waals surface area contributed by atoms with E-state index >= 15 is 0 Å². The van der Waals surface area contributed by atoms with E-state index in [9.17, 15) is 0 Å². The number of aryl methyl sites for hydroxylation is 1. The molecule has 102 valence electrons. The van der Waals surface area contributed by atoms with Crippen LogP contribution < -0.4 is 5.32 Å². The summed E-state index contributed by atoms with van der Waals surface area (Å²) in [6, 6.07) is 0. The smallest absolute Gasteiger partial charge is 0.174 e.